The second-order valence-electron chi connectivity index (χ2n) is 6.55. The quantitative estimate of drug-likeness (QED) is 0.565. The van der Waals surface area contributed by atoms with Gasteiger partial charge >= 0.3 is 0 Å². The number of aliphatic hydroxyl groups is 1. The van der Waals surface area contributed by atoms with Crippen molar-refractivity contribution in [2.75, 3.05) is 35.5 Å². The zero-order chi connectivity index (χ0) is 21.1. The average molecular weight is 403 g/mol. The molecule has 0 heterocycles. The topological polar surface area (TPSA) is 99.0 Å². The van der Waals surface area contributed by atoms with Gasteiger partial charge < -0.3 is 34.0 Å². The van der Waals surface area contributed by atoms with Crippen molar-refractivity contribution in [2.24, 2.45) is 5.16 Å². The summed E-state index contributed by atoms with van der Waals surface area (Å²) in [6, 6.07) is 6.93. The number of benzene rings is 2. The van der Waals surface area contributed by atoms with Crippen molar-refractivity contribution >= 4 is 5.71 Å². The van der Waals surface area contributed by atoms with Gasteiger partial charge in [-0.2, -0.15) is 0 Å². The number of ether oxygens (including phenoxy) is 5. The van der Waals surface area contributed by atoms with E-state index in [-0.39, 0.29) is 0 Å². The molecule has 3 rings (SSSR count). The molecule has 2 N–H and O–H groups in total. The predicted molar refractivity (Wildman–Crippen MR) is 106 cm³/mol. The van der Waals surface area contributed by atoms with Crippen LogP contribution in [0, 0.1) is 0 Å². The predicted octanol–water partition coefficient (Wildman–Crippen LogP) is 2.61. The first kappa shape index (κ1) is 20.6. The van der Waals surface area contributed by atoms with Crippen molar-refractivity contribution in [3.8, 4) is 28.7 Å². The van der Waals surface area contributed by atoms with Gasteiger partial charge in [-0.05, 0) is 23.8 Å². The third kappa shape index (κ3) is 3.51. The minimum absolute atomic E-state index is 0.297. The molecule has 0 saturated heterocycles. The summed E-state index contributed by atoms with van der Waals surface area (Å²) in [6.07, 6.45) is -0.532. The number of rotatable bonds is 6. The van der Waals surface area contributed by atoms with E-state index in [1.54, 1.807) is 31.4 Å². The molecule has 1 aliphatic carbocycles. The molecule has 0 radical (unpaired) electrons. The first-order valence-electron chi connectivity index (χ1n) is 8.98. The number of fused-ring (bicyclic) bond motifs is 1. The number of methoxy groups -OCH3 is 5. The van der Waals surface area contributed by atoms with Gasteiger partial charge in [-0.1, -0.05) is 5.16 Å². The molecule has 0 aliphatic heterocycles. The summed E-state index contributed by atoms with van der Waals surface area (Å²) >= 11 is 0. The highest BCUT2D eigenvalue weighted by Gasteiger charge is 2.38. The molecule has 2 aromatic carbocycles. The summed E-state index contributed by atoms with van der Waals surface area (Å²) in [5.74, 6) is 1.84. The van der Waals surface area contributed by atoms with Crippen molar-refractivity contribution < 1.29 is 34.0 Å². The van der Waals surface area contributed by atoms with Crippen LogP contribution in [0.3, 0.4) is 0 Å². The van der Waals surface area contributed by atoms with E-state index in [1.807, 2.05) is 0 Å². The highest BCUT2D eigenvalue weighted by atomic mass is 16.5. The van der Waals surface area contributed by atoms with Crippen LogP contribution < -0.4 is 23.7 Å². The summed E-state index contributed by atoms with van der Waals surface area (Å²) in [5, 5.41) is 24.4. The van der Waals surface area contributed by atoms with Crippen LogP contribution in [-0.2, 0) is 6.42 Å². The lowest BCUT2D eigenvalue weighted by atomic mass is 9.76. The molecule has 0 fully saturated rings. The van der Waals surface area contributed by atoms with Gasteiger partial charge in [0.05, 0.1) is 53.3 Å². The van der Waals surface area contributed by atoms with E-state index in [9.17, 15) is 10.3 Å². The molecular formula is C21H25NO7. The fraction of sp³-hybridized carbons (Fsp3) is 0.381. The Bertz CT molecular complexity index is 926. The Balaban J connectivity index is 2.19. The van der Waals surface area contributed by atoms with Crippen LogP contribution in [0.1, 0.15) is 22.6 Å². The van der Waals surface area contributed by atoms with E-state index in [1.165, 1.54) is 28.4 Å². The van der Waals surface area contributed by atoms with Gasteiger partial charge in [0.1, 0.15) is 5.75 Å². The molecule has 2 aromatic rings. The lowest BCUT2D eigenvalue weighted by Crippen LogP contribution is -2.34. The van der Waals surface area contributed by atoms with E-state index in [2.05, 4.69) is 5.16 Å². The van der Waals surface area contributed by atoms with E-state index >= 15 is 0 Å². The highest BCUT2D eigenvalue weighted by Crippen LogP contribution is 2.44. The Morgan fingerprint density at radius 1 is 0.759 bits per heavy atom. The van der Waals surface area contributed by atoms with Gasteiger partial charge in [0.15, 0.2) is 23.0 Å². The smallest absolute Gasteiger partial charge is 0.164 e. The van der Waals surface area contributed by atoms with Crippen molar-refractivity contribution in [1.29, 1.82) is 0 Å². The van der Waals surface area contributed by atoms with Crippen LogP contribution >= 0.6 is 0 Å². The van der Waals surface area contributed by atoms with Gasteiger partial charge in [-0.3, -0.25) is 0 Å². The van der Waals surface area contributed by atoms with Gasteiger partial charge in [0, 0.05) is 23.6 Å². The number of hydrogen-bond acceptors (Lipinski definition) is 8. The third-order valence-electron chi connectivity index (χ3n) is 5.17. The molecule has 0 amide bonds. The zero-order valence-electron chi connectivity index (χ0n) is 17.1. The highest BCUT2D eigenvalue weighted by molar-refractivity contribution is 6.08. The Hall–Kier alpha value is -3.13. The van der Waals surface area contributed by atoms with Crippen LogP contribution in [0.5, 0.6) is 28.7 Å². The molecule has 1 aliphatic rings. The van der Waals surface area contributed by atoms with Crippen molar-refractivity contribution in [2.45, 2.75) is 18.4 Å². The molecule has 0 spiro atoms. The summed E-state index contributed by atoms with van der Waals surface area (Å²) in [4.78, 5) is 0. The second-order valence-corrected chi connectivity index (χ2v) is 6.55. The Kier molecular flexibility index (Phi) is 6.03. The minimum Gasteiger partial charge on any atom is -0.496 e. The van der Waals surface area contributed by atoms with Crippen molar-refractivity contribution in [1.82, 2.24) is 0 Å². The summed E-state index contributed by atoms with van der Waals surface area (Å²) in [5.41, 5.74) is 2.37. The van der Waals surface area contributed by atoms with E-state index in [4.69, 9.17) is 23.7 Å². The fourth-order valence-corrected chi connectivity index (χ4v) is 3.79. The van der Waals surface area contributed by atoms with Crippen LogP contribution in [0.4, 0.5) is 0 Å². The third-order valence-corrected chi connectivity index (χ3v) is 5.17. The molecule has 2 unspecified atom stereocenters. The molecule has 156 valence electrons. The molecule has 0 aromatic heterocycles. The van der Waals surface area contributed by atoms with Crippen LogP contribution in [0.15, 0.2) is 29.4 Å². The first-order chi connectivity index (χ1) is 14.0. The number of aliphatic hydroxyl groups excluding tert-OH is 1. The lowest BCUT2D eigenvalue weighted by molar-refractivity contribution is 0.158. The molecule has 29 heavy (non-hydrogen) atoms. The van der Waals surface area contributed by atoms with Crippen LogP contribution in [0.25, 0.3) is 0 Å². The van der Waals surface area contributed by atoms with Crippen LogP contribution in [0.2, 0.25) is 0 Å². The normalized spacial score (nSPS) is 19.4. The van der Waals surface area contributed by atoms with Crippen LogP contribution in [-0.4, -0.2) is 57.7 Å². The standard InChI is InChI=1S/C21H25NO7/c1-25-15-10-19(29-5)18(28-4)9-13(15)20-14(23)6-11-7-16(26-2)17(27-3)8-12(11)21(20)22-24/h7-10,14,20,23-24H,6H2,1-5H3/b22-21+. The molecule has 2 atom stereocenters. The van der Waals surface area contributed by atoms with Gasteiger partial charge in [0.25, 0.3) is 0 Å². The maximum Gasteiger partial charge on any atom is 0.164 e. The van der Waals surface area contributed by atoms with Gasteiger partial charge in [-0.25, -0.2) is 0 Å². The molecule has 0 bridgehead atoms. The van der Waals surface area contributed by atoms with E-state index in [0.29, 0.717) is 52.0 Å². The number of oxime groups is 1. The summed E-state index contributed by atoms with van der Waals surface area (Å²) < 4.78 is 27.0. The monoisotopic (exact) mass is 403 g/mol. The average Bonchev–Trinajstić information content (AvgIpc) is 2.76. The molecule has 0 saturated carbocycles. The molecule has 8 heteroatoms. The molecular weight excluding hydrogens is 378 g/mol. The Morgan fingerprint density at radius 2 is 1.28 bits per heavy atom. The fourth-order valence-electron chi connectivity index (χ4n) is 3.79. The number of nitrogens with zero attached hydrogens (tertiary/aromatic N) is 1. The maximum atomic E-state index is 11.0. The SMILES string of the molecule is COc1cc2c(cc1OC)/C(=N\O)C(c1cc(OC)c(OC)cc1OC)C(O)C2. The lowest BCUT2D eigenvalue weighted by Gasteiger charge is -2.32. The van der Waals surface area contributed by atoms with E-state index in [0.717, 1.165) is 5.56 Å². The molecule has 8 nitrogen and oxygen atoms in total. The first-order valence-corrected chi connectivity index (χ1v) is 8.98. The maximum absolute atomic E-state index is 11.0. The Labute approximate surface area is 169 Å². The van der Waals surface area contributed by atoms with E-state index < -0.39 is 12.0 Å². The Morgan fingerprint density at radius 3 is 1.83 bits per heavy atom. The zero-order valence-corrected chi connectivity index (χ0v) is 17.1. The van der Waals surface area contributed by atoms with Crippen molar-refractivity contribution in [3.05, 3.63) is 41.0 Å². The summed E-state index contributed by atoms with van der Waals surface area (Å²) in [6.45, 7) is 0. The minimum atomic E-state index is -0.862. The second kappa shape index (κ2) is 8.48. The summed E-state index contributed by atoms with van der Waals surface area (Å²) in [7, 11) is 7.66. The largest absolute Gasteiger partial charge is 0.496 e. The van der Waals surface area contributed by atoms with Gasteiger partial charge in [0.2, 0.25) is 0 Å². The number of hydrogen-bond donors (Lipinski definition) is 2. The van der Waals surface area contributed by atoms with Crippen molar-refractivity contribution in [3.63, 3.8) is 0 Å². The van der Waals surface area contributed by atoms with Gasteiger partial charge in [-0.15, -0.1) is 0 Å².